The molecule has 1 N–H and O–H groups in total. The van der Waals surface area contributed by atoms with Gasteiger partial charge in [-0.1, -0.05) is 32.1 Å². The van der Waals surface area contributed by atoms with E-state index in [4.69, 9.17) is 4.74 Å². The first-order chi connectivity index (χ1) is 7.65. The van der Waals surface area contributed by atoms with Gasteiger partial charge in [0.05, 0.1) is 7.11 Å². The minimum atomic E-state index is -0.221. The second-order valence-electron chi connectivity index (χ2n) is 4.38. The molecule has 1 atom stereocenters. The van der Waals surface area contributed by atoms with E-state index in [2.05, 4.69) is 23.5 Å². The summed E-state index contributed by atoms with van der Waals surface area (Å²) in [6.07, 6.45) is 8.71. The molecule has 0 aromatic rings. The van der Waals surface area contributed by atoms with Crippen molar-refractivity contribution in [2.24, 2.45) is 5.92 Å². The molecule has 90 valence electrons. The Kier molecular flexibility index (Phi) is 5.26. The number of esters is 1. The molecule has 0 saturated carbocycles. The van der Waals surface area contributed by atoms with E-state index >= 15 is 0 Å². The van der Waals surface area contributed by atoms with Crippen molar-refractivity contribution >= 4 is 5.97 Å². The van der Waals surface area contributed by atoms with E-state index < -0.39 is 0 Å². The quantitative estimate of drug-likeness (QED) is 0.725. The minimum absolute atomic E-state index is 0.185. The van der Waals surface area contributed by atoms with Crippen LogP contribution in [-0.4, -0.2) is 25.7 Å². The van der Waals surface area contributed by atoms with Gasteiger partial charge in [-0.3, -0.25) is 4.79 Å². The van der Waals surface area contributed by atoms with Gasteiger partial charge in [0, 0.05) is 6.54 Å². The lowest BCUT2D eigenvalue weighted by Crippen LogP contribution is -2.42. The van der Waals surface area contributed by atoms with Crippen molar-refractivity contribution in [3.8, 4) is 0 Å². The highest BCUT2D eigenvalue weighted by molar-refractivity contribution is 5.75. The van der Waals surface area contributed by atoms with Crippen LogP contribution in [0.5, 0.6) is 0 Å². The lowest BCUT2D eigenvalue weighted by molar-refractivity contribution is -0.144. The highest BCUT2D eigenvalue weighted by Crippen LogP contribution is 2.10. The molecule has 1 aliphatic rings. The third kappa shape index (κ3) is 3.81. The number of hydrogen-bond donors (Lipinski definition) is 1. The zero-order valence-electron chi connectivity index (χ0n) is 10.3. The topological polar surface area (TPSA) is 38.3 Å². The molecule has 3 heteroatoms. The van der Waals surface area contributed by atoms with Gasteiger partial charge in [0.1, 0.15) is 6.04 Å². The van der Waals surface area contributed by atoms with Crippen molar-refractivity contribution < 1.29 is 9.53 Å². The van der Waals surface area contributed by atoms with Crippen LogP contribution < -0.4 is 5.32 Å². The first kappa shape index (κ1) is 13.0. The molecule has 0 aromatic carbocycles. The maximum atomic E-state index is 11.5. The standard InChI is InChI=1S/C13H21NO2/c1-10(2)12(13(15)16-3)14-9-11-7-5-4-6-8-11/h5,7-8,10,12,14H,4,6,9H2,1-3H3/t12-/m0/s1. The van der Waals surface area contributed by atoms with Gasteiger partial charge in [0.25, 0.3) is 0 Å². The zero-order chi connectivity index (χ0) is 12.0. The van der Waals surface area contributed by atoms with Gasteiger partial charge in [0.2, 0.25) is 0 Å². The predicted octanol–water partition coefficient (Wildman–Crippen LogP) is 2.05. The Morgan fingerprint density at radius 2 is 2.25 bits per heavy atom. The molecule has 0 spiro atoms. The molecular formula is C13H21NO2. The summed E-state index contributed by atoms with van der Waals surface area (Å²) in [7, 11) is 1.43. The molecule has 16 heavy (non-hydrogen) atoms. The maximum Gasteiger partial charge on any atom is 0.323 e. The van der Waals surface area contributed by atoms with E-state index in [-0.39, 0.29) is 17.9 Å². The molecule has 0 bridgehead atoms. The van der Waals surface area contributed by atoms with Crippen molar-refractivity contribution in [2.75, 3.05) is 13.7 Å². The van der Waals surface area contributed by atoms with E-state index in [0.717, 1.165) is 19.4 Å². The average Bonchev–Trinajstić information content (AvgIpc) is 2.30. The average molecular weight is 223 g/mol. The van der Waals surface area contributed by atoms with Gasteiger partial charge in [-0.25, -0.2) is 0 Å². The second kappa shape index (κ2) is 6.48. The molecule has 0 aromatic heterocycles. The number of allylic oxidation sites excluding steroid dienone is 2. The molecule has 1 rings (SSSR count). The lowest BCUT2D eigenvalue weighted by atomic mass is 10.0. The Balaban J connectivity index is 2.46. The fourth-order valence-electron chi connectivity index (χ4n) is 1.74. The molecule has 0 unspecified atom stereocenters. The largest absolute Gasteiger partial charge is 0.468 e. The molecule has 0 amide bonds. The maximum absolute atomic E-state index is 11.5. The number of nitrogens with one attached hydrogen (secondary N) is 1. The SMILES string of the molecule is COC(=O)[C@@H](NCC1=CCCC=C1)C(C)C. The molecular weight excluding hydrogens is 202 g/mol. The Bertz CT molecular complexity index is 292. The number of carbonyl (C=O) groups is 1. The molecule has 1 aliphatic carbocycles. The first-order valence-electron chi connectivity index (χ1n) is 5.82. The number of methoxy groups -OCH3 is 1. The first-order valence-corrected chi connectivity index (χ1v) is 5.82. The Hall–Kier alpha value is -1.09. The van der Waals surface area contributed by atoms with Crippen LogP contribution in [0.15, 0.2) is 23.8 Å². The van der Waals surface area contributed by atoms with Gasteiger partial charge >= 0.3 is 5.97 Å². The monoisotopic (exact) mass is 223 g/mol. The summed E-state index contributed by atoms with van der Waals surface area (Å²) in [4.78, 5) is 11.5. The van der Waals surface area contributed by atoms with E-state index in [1.165, 1.54) is 12.7 Å². The van der Waals surface area contributed by atoms with Crippen molar-refractivity contribution in [3.63, 3.8) is 0 Å². The van der Waals surface area contributed by atoms with Crippen LogP contribution >= 0.6 is 0 Å². The fraction of sp³-hybridized carbons (Fsp3) is 0.615. The van der Waals surface area contributed by atoms with Crippen molar-refractivity contribution in [1.29, 1.82) is 0 Å². The van der Waals surface area contributed by atoms with E-state index in [1.807, 2.05) is 13.8 Å². The highest BCUT2D eigenvalue weighted by atomic mass is 16.5. The number of rotatable bonds is 5. The summed E-state index contributed by atoms with van der Waals surface area (Å²) in [5.41, 5.74) is 1.25. The van der Waals surface area contributed by atoms with Crippen LogP contribution in [0.1, 0.15) is 26.7 Å². The van der Waals surface area contributed by atoms with Gasteiger partial charge < -0.3 is 10.1 Å². The third-order valence-electron chi connectivity index (χ3n) is 2.72. The van der Waals surface area contributed by atoms with Crippen LogP contribution in [0.4, 0.5) is 0 Å². The Labute approximate surface area is 97.6 Å². The van der Waals surface area contributed by atoms with Gasteiger partial charge in [-0.05, 0) is 24.3 Å². The number of carbonyl (C=O) groups excluding carboxylic acids is 1. The smallest absolute Gasteiger partial charge is 0.323 e. The summed E-state index contributed by atoms with van der Waals surface area (Å²) in [5.74, 6) is 0.0519. The van der Waals surface area contributed by atoms with Crippen LogP contribution in [0, 0.1) is 5.92 Å². The van der Waals surface area contributed by atoms with E-state index in [0.29, 0.717) is 0 Å². The van der Waals surface area contributed by atoms with Crippen molar-refractivity contribution in [1.82, 2.24) is 5.32 Å². The lowest BCUT2D eigenvalue weighted by Gasteiger charge is -2.20. The predicted molar refractivity (Wildman–Crippen MR) is 65.1 cm³/mol. The van der Waals surface area contributed by atoms with Crippen LogP contribution in [0.25, 0.3) is 0 Å². The minimum Gasteiger partial charge on any atom is -0.468 e. The summed E-state index contributed by atoms with van der Waals surface area (Å²) in [6.45, 7) is 4.76. The summed E-state index contributed by atoms with van der Waals surface area (Å²) < 4.78 is 4.77. The van der Waals surface area contributed by atoms with E-state index in [1.54, 1.807) is 0 Å². The van der Waals surface area contributed by atoms with Gasteiger partial charge in [-0.15, -0.1) is 0 Å². The third-order valence-corrected chi connectivity index (χ3v) is 2.72. The summed E-state index contributed by atoms with van der Waals surface area (Å²) in [6, 6.07) is -0.221. The number of hydrogen-bond acceptors (Lipinski definition) is 3. The van der Waals surface area contributed by atoms with Crippen LogP contribution in [-0.2, 0) is 9.53 Å². The Morgan fingerprint density at radius 1 is 1.50 bits per heavy atom. The van der Waals surface area contributed by atoms with Crippen molar-refractivity contribution in [2.45, 2.75) is 32.7 Å². The zero-order valence-corrected chi connectivity index (χ0v) is 10.3. The van der Waals surface area contributed by atoms with Crippen LogP contribution in [0.3, 0.4) is 0 Å². The summed E-state index contributed by atoms with van der Waals surface area (Å²) in [5, 5.41) is 3.25. The van der Waals surface area contributed by atoms with Crippen molar-refractivity contribution in [3.05, 3.63) is 23.8 Å². The molecule has 0 aliphatic heterocycles. The molecule has 0 saturated heterocycles. The summed E-state index contributed by atoms with van der Waals surface area (Å²) >= 11 is 0. The molecule has 0 fully saturated rings. The normalized spacial score (nSPS) is 17.1. The van der Waals surface area contributed by atoms with Gasteiger partial charge in [0.15, 0.2) is 0 Å². The number of ether oxygens (including phenoxy) is 1. The van der Waals surface area contributed by atoms with E-state index in [9.17, 15) is 4.79 Å². The Morgan fingerprint density at radius 3 is 2.75 bits per heavy atom. The molecule has 0 radical (unpaired) electrons. The highest BCUT2D eigenvalue weighted by Gasteiger charge is 2.22. The van der Waals surface area contributed by atoms with Gasteiger partial charge in [-0.2, -0.15) is 0 Å². The fourth-order valence-corrected chi connectivity index (χ4v) is 1.74. The molecule has 3 nitrogen and oxygen atoms in total. The second-order valence-corrected chi connectivity index (χ2v) is 4.38. The van der Waals surface area contributed by atoms with Crippen LogP contribution in [0.2, 0.25) is 0 Å². The molecule has 0 heterocycles.